The van der Waals surface area contributed by atoms with Crippen LogP contribution in [0.25, 0.3) is 16.6 Å². The minimum absolute atomic E-state index is 0.0532. The predicted molar refractivity (Wildman–Crippen MR) is 135 cm³/mol. The number of para-hydroxylation sites is 1. The Morgan fingerprint density at radius 2 is 1.67 bits per heavy atom. The summed E-state index contributed by atoms with van der Waals surface area (Å²) < 4.78 is 21.8. The van der Waals surface area contributed by atoms with Gasteiger partial charge in [0.25, 0.3) is 0 Å². The maximum Gasteiger partial charge on any atom is 0.169 e. The fourth-order valence-corrected chi connectivity index (χ4v) is 5.00. The average Bonchev–Trinajstić information content (AvgIpc) is 2.79. The normalized spacial score (nSPS) is 16.5. The highest BCUT2D eigenvalue weighted by Crippen LogP contribution is 2.47. The third-order valence-electron chi connectivity index (χ3n) is 6.75. The monoisotopic (exact) mass is 442 g/mol. The molecular formula is C30H31FO2. The van der Waals surface area contributed by atoms with Crippen LogP contribution < -0.4 is 4.74 Å². The quantitative estimate of drug-likeness (QED) is 0.399. The molecule has 0 heterocycles. The van der Waals surface area contributed by atoms with Crippen LogP contribution in [0.3, 0.4) is 0 Å². The molecule has 1 aliphatic carbocycles. The van der Waals surface area contributed by atoms with Gasteiger partial charge in [-0.3, -0.25) is 0 Å². The van der Waals surface area contributed by atoms with Crippen molar-refractivity contribution in [2.45, 2.75) is 47.0 Å². The fraction of sp³-hybridized carbons (Fsp3) is 0.267. The first kappa shape index (κ1) is 22.8. The van der Waals surface area contributed by atoms with E-state index in [2.05, 4.69) is 27.4 Å². The van der Waals surface area contributed by atoms with Crippen molar-refractivity contribution in [1.29, 1.82) is 0 Å². The number of hydrogen-bond acceptors (Lipinski definition) is 2. The fourth-order valence-electron chi connectivity index (χ4n) is 5.00. The summed E-state index contributed by atoms with van der Waals surface area (Å²) in [4.78, 5) is 0. The van der Waals surface area contributed by atoms with Crippen molar-refractivity contribution in [1.82, 2.24) is 0 Å². The second-order valence-electron chi connectivity index (χ2n) is 9.54. The molecule has 170 valence electrons. The zero-order chi connectivity index (χ0) is 23.8. The molecule has 0 saturated carbocycles. The van der Waals surface area contributed by atoms with Crippen molar-refractivity contribution >= 4 is 16.6 Å². The third-order valence-corrected chi connectivity index (χ3v) is 6.75. The van der Waals surface area contributed by atoms with Crippen molar-refractivity contribution < 1.29 is 14.2 Å². The Bertz CT molecular complexity index is 1290. The number of phenolic OH excluding ortho intramolecular Hbond substituents is 1. The van der Waals surface area contributed by atoms with E-state index in [1.807, 2.05) is 42.5 Å². The van der Waals surface area contributed by atoms with Gasteiger partial charge in [-0.25, -0.2) is 4.39 Å². The van der Waals surface area contributed by atoms with Crippen LogP contribution in [0.2, 0.25) is 0 Å². The molecule has 0 spiro atoms. The summed E-state index contributed by atoms with van der Waals surface area (Å²) in [5.74, 6) is 0.118. The first-order valence-corrected chi connectivity index (χ1v) is 11.4. The molecule has 0 aliphatic heterocycles. The number of rotatable bonds is 5. The Balaban J connectivity index is 1.72. The van der Waals surface area contributed by atoms with E-state index in [0.29, 0.717) is 16.9 Å². The maximum atomic E-state index is 15.7. The van der Waals surface area contributed by atoms with Crippen LogP contribution in [0.1, 0.15) is 52.5 Å². The zero-order valence-electron chi connectivity index (χ0n) is 19.8. The molecule has 2 nitrogen and oxygen atoms in total. The van der Waals surface area contributed by atoms with E-state index >= 15 is 4.39 Å². The SMILES string of the molecule is C=C(C1=C(C)CCCC1(C)C)/C(C)=C(\F)c1cccc(Oc2cccc3ccccc23)c1O. The summed E-state index contributed by atoms with van der Waals surface area (Å²) in [5.41, 5.74) is 3.59. The van der Waals surface area contributed by atoms with Crippen LogP contribution in [0, 0.1) is 5.41 Å². The van der Waals surface area contributed by atoms with Gasteiger partial charge < -0.3 is 9.84 Å². The van der Waals surface area contributed by atoms with Crippen molar-refractivity contribution in [2.24, 2.45) is 5.41 Å². The molecule has 0 fully saturated rings. The molecule has 33 heavy (non-hydrogen) atoms. The minimum atomic E-state index is -0.484. The highest BCUT2D eigenvalue weighted by Gasteiger charge is 2.31. The topological polar surface area (TPSA) is 29.5 Å². The van der Waals surface area contributed by atoms with Gasteiger partial charge in [-0.1, -0.05) is 68.5 Å². The second-order valence-corrected chi connectivity index (χ2v) is 9.54. The molecule has 0 amide bonds. The molecule has 3 heteroatoms. The summed E-state index contributed by atoms with van der Waals surface area (Å²) in [6.45, 7) is 12.5. The number of aromatic hydroxyl groups is 1. The van der Waals surface area contributed by atoms with Gasteiger partial charge in [-0.2, -0.15) is 0 Å². The molecule has 3 aromatic rings. The molecule has 0 unspecified atom stereocenters. The molecule has 0 atom stereocenters. The molecule has 0 saturated heterocycles. The van der Waals surface area contributed by atoms with Crippen LogP contribution in [-0.2, 0) is 0 Å². The lowest BCUT2D eigenvalue weighted by Gasteiger charge is -2.36. The minimum Gasteiger partial charge on any atom is -0.504 e. The molecule has 4 rings (SSSR count). The lowest BCUT2D eigenvalue weighted by Crippen LogP contribution is -2.22. The number of hydrogen-bond donors (Lipinski definition) is 1. The third kappa shape index (κ3) is 4.32. The molecule has 0 radical (unpaired) electrons. The molecule has 1 aliphatic rings. The van der Waals surface area contributed by atoms with Crippen LogP contribution in [0.15, 0.2) is 89.5 Å². The van der Waals surface area contributed by atoms with Gasteiger partial charge in [0.05, 0.1) is 5.56 Å². The first-order chi connectivity index (χ1) is 15.7. The van der Waals surface area contributed by atoms with E-state index in [1.54, 1.807) is 25.1 Å². The molecule has 3 aromatic carbocycles. The highest BCUT2D eigenvalue weighted by atomic mass is 19.1. The van der Waals surface area contributed by atoms with Crippen LogP contribution in [0.4, 0.5) is 4.39 Å². The lowest BCUT2D eigenvalue weighted by molar-refractivity contribution is 0.373. The van der Waals surface area contributed by atoms with Crippen LogP contribution >= 0.6 is 0 Å². The van der Waals surface area contributed by atoms with E-state index in [9.17, 15) is 5.11 Å². The van der Waals surface area contributed by atoms with Crippen LogP contribution in [0.5, 0.6) is 17.2 Å². The summed E-state index contributed by atoms with van der Waals surface area (Å²) in [6, 6.07) is 18.5. The Morgan fingerprint density at radius 1 is 1.00 bits per heavy atom. The largest absolute Gasteiger partial charge is 0.504 e. The van der Waals surface area contributed by atoms with E-state index in [-0.39, 0.29) is 22.5 Å². The van der Waals surface area contributed by atoms with E-state index in [1.165, 1.54) is 5.57 Å². The summed E-state index contributed by atoms with van der Waals surface area (Å²) in [7, 11) is 0. The van der Waals surface area contributed by atoms with Gasteiger partial charge in [0.2, 0.25) is 0 Å². The average molecular weight is 443 g/mol. The molecule has 1 N–H and O–H groups in total. The van der Waals surface area contributed by atoms with Gasteiger partial charge in [0, 0.05) is 5.39 Å². The van der Waals surface area contributed by atoms with Crippen molar-refractivity contribution in [3.8, 4) is 17.2 Å². The van der Waals surface area contributed by atoms with Gasteiger partial charge in [0.15, 0.2) is 11.5 Å². The van der Waals surface area contributed by atoms with Gasteiger partial charge in [-0.05, 0) is 78.8 Å². The smallest absolute Gasteiger partial charge is 0.169 e. The highest BCUT2D eigenvalue weighted by molar-refractivity contribution is 5.88. The summed E-state index contributed by atoms with van der Waals surface area (Å²) in [5, 5.41) is 12.9. The number of allylic oxidation sites excluding steroid dienone is 4. The standard InChI is InChI=1S/C30H31FO2/c1-19-11-10-18-30(4,5)27(19)20(2)21(3)28(31)24-15-9-17-26(29(24)32)33-25-16-8-13-22-12-6-7-14-23(22)25/h6-9,12-17,32H,2,10-11,18H2,1,3-5H3/b28-21-. The van der Waals surface area contributed by atoms with Crippen LogP contribution in [-0.4, -0.2) is 5.11 Å². The van der Waals surface area contributed by atoms with Crippen molar-refractivity contribution in [3.05, 3.63) is 95.1 Å². The maximum absolute atomic E-state index is 15.7. The van der Waals surface area contributed by atoms with E-state index < -0.39 is 5.83 Å². The van der Waals surface area contributed by atoms with Gasteiger partial charge >= 0.3 is 0 Å². The number of halogens is 1. The Kier molecular flexibility index (Phi) is 6.16. The predicted octanol–water partition coefficient (Wildman–Crippen LogP) is 9.12. The van der Waals surface area contributed by atoms with Gasteiger partial charge in [-0.15, -0.1) is 0 Å². The van der Waals surface area contributed by atoms with Crippen molar-refractivity contribution in [3.63, 3.8) is 0 Å². The number of ether oxygens (including phenoxy) is 1. The number of phenols is 1. The Labute approximate surface area is 195 Å². The summed E-state index contributed by atoms with van der Waals surface area (Å²) >= 11 is 0. The number of fused-ring (bicyclic) bond motifs is 1. The van der Waals surface area contributed by atoms with E-state index in [0.717, 1.165) is 35.6 Å². The van der Waals surface area contributed by atoms with Gasteiger partial charge in [0.1, 0.15) is 11.6 Å². The Hall–Kier alpha value is -3.33. The zero-order valence-corrected chi connectivity index (χ0v) is 19.8. The Morgan fingerprint density at radius 3 is 2.42 bits per heavy atom. The molecule has 0 aromatic heterocycles. The molecular weight excluding hydrogens is 411 g/mol. The van der Waals surface area contributed by atoms with Crippen molar-refractivity contribution in [2.75, 3.05) is 0 Å². The summed E-state index contributed by atoms with van der Waals surface area (Å²) in [6.07, 6.45) is 3.19. The van der Waals surface area contributed by atoms with E-state index in [4.69, 9.17) is 4.74 Å². The first-order valence-electron chi connectivity index (χ1n) is 11.4. The molecule has 0 bridgehead atoms. The second kappa shape index (κ2) is 8.90. The number of benzene rings is 3. The lowest BCUT2D eigenvalue weighted by atomic mass is 9.69.